The van der Waals surface area contributed by atoms with Crippen LogP contribution in [0.5, 0.6) is 5.75 Å². The lowest BCUT2D eigenvalue weighted by Gasteiger charge is -2.20. The molecule has 0 aliphatic carbocycles. The molecule has 1 N–H and O–H groups in total. The number of nitrogens with zero attached hydrogens (tertiary/aromatic N) is 1. The SMILES string of the molecule is CCN(CC)Cc1cc(C)cc(O)c1C. The highest BCUT2D eigenvalue weighted by atomic mass is 16.3. The van der Waals surface area contributed by atoms with Crippen LogP contribution in [0, 0.1) is 13.8 Å². The van der Waals surface area contributed by atoms with Crippen LogP contribution < -0.4 is 0 Å². The molecule has 0 heterocycles. The molecule has 1 aromatic rings. The summed E-state index contributed by atoms with van der Waals surface area (Å²) in [6.07, 6.45) is 0. The Labute approximate surface area is 92.5 Å². The van der Waals surface area contributed by atoms with Gasteiger partial charge >= 0.3 is 0 Å². The maximum atomic E-state index is 9.72. The Morgan fingerprint density at radius 2 is 1.73 bits per heavy atom. The molecule has 1 rings (SSSR count). The third-order valence-electron chi connectivity index (χ3n) is 2.92. The van der Waals surface area contributed by atoms with Gasteiger partial charge in [-0.1, -0.05) is 19.9 Å². The molecule has 0 aliphatic heterocycles. The number of rotatable bonds is 4. The Hall–Kier alpha value is -1.02. The van der Waals surface area contributed by atoms with E-state index in [2.05, 4.69) is 24.8 Å². The van der Waals surface area contributed by atoms with Crippen LogP contribution in [0.25, 0.3) is 0 Å². The van der Waals surface area contributed by atoms with Gasteiger partial charge in [0.05, 0.1) is 0 Å². The predicted molar refractivity (Wildman–Crippen MR) is 64.2 cm³/mol. The van der Waals surface area contributed by atoms with Crippen LogP contribution in [0.1, 0.15) is 30.5 Å². The van der Waals surface area contributed by atoms with Crippen LogP contribution in [0.15, 0.2) is 12.1 Å². The second-order valence-corrected chi connectivity index (χ2v) is 4.03. The topological polar surface area (TPSA) is 23.5 Å². The van der Waals surface area contributed by atoms with Crippen molar-refractivity contribution in [1.82, 2.24) is 4.90 Å². The first-order chi connectivity index (χ1) is 7.08. The molecule has 0 aromatic heterocycles. The van der Waals surface area contributed by atoms with E-state index in [4.69, 9.17) is 0 Å². The van der Waals surface area contributed by atoms with Crippen molar-refractivity contribution in [3.05, 3.63) is 28.8 Å². The van der Waals surface area contributed by atoms with Crippen molar-refractivity contribution >= 4 is 0 Å². The van der Waals surface area contributed by atoms with Gasteiger partial charge in [0.25, 0.3) is 0 Å². The number of benzene rings is 1. The molecule has 0 saturated heterocycles. The minimum absolute atomic E-state index is 0.414. The monoisotopic (exact) mass is 207 g/mol. The van der Waals surface area contributed by atoms with Crippen molar-refractivity contribution < 1.29 is 5.11 Å². The van der Waals surface area contributed by atoms with Crippen molar-refractivity contribution in [1.29, 1.82) is 0 Å². The summed E-state index contributed by atoms with van der Waals surface area (Å²) in [5.74, 6) is 0.414. The van der Waals surface area contributed by atoms with Gasteiger partial charge in [-0.15, -0.1) is 0 Å². The van der Waals surface area contributed by atoms with Crippen LogP contribution in [0.2, 0.25) is 0 Å². The van der Waals surface area contributed by atoms with E-state index >= 15 is 0 Å². The molecule has 1 aromatic carbocycles. The highest BCUT2D eigenvalue weighted by molar-refractivity contribution is 5.41. The van der Waals surface area contributed by atoms with Crippen LogP contribution in [0.3, 0.4) is 0 Å². The van der Waals surface area contributed by atoms with Gasteiger partial charge in [-0.05, 0) is 49.7 Å². The molecule has 2 heteroatoms. The summed E-state index contributed by atoms with van der Waals surface area (Å²) in [5, 5.41) is 9.72. The van der Waals surface area contributed by atoms with E-state index in [1.165, 1.54) is 5.56 Å². The van der Waals surface area contributed by atoms with E-state index in [0.29, 0.717) is 5.75 Å². The maximum Gasteiger partial charge on any atom is 0.119 e. The lowest BCUT2D eigenvalue weighted by Crippen LogP contribution is -2.22. The second-order valence-electron chi connectivity index (χ2n) is 4.03. The molecule has 0 fully saturated rings. The first-order valence-electron chi connectivity index (χ1n) is 5.59. The quantitative estimate of drug-likeness (QED) is 0.820. The average Bonchev–Trinajstić information content (AvgIpc) is 2.21. The smallest absolute Gasteiger partial charge is 0.119 e. The Morgan fingerprint density at radius 3 is 2.27 bits per heavy atom. The fraction of sp³-hybridized carbons (Fsp3) is 0.538. The predicted octanol–water partition coefficient (Wildman–Crippen LogP) is 2.85. The largest absolute Gasteiger partial charge is 0.508 e. The number of aromatic hydroxyl groups is 1. The first kappa shape index (κ1) is 12.1. The van der Waals surface area contributed by atoms with Crippen LogP contribution >= 0.6 is 0 Å². The van der Waals surface area contributed by atoms with E-state index in [-0.39, 0.29) is 0 Å². The number of phenols is 1. The lowest BCUT2D eigenvalue weighted by molar-refractivity contribution is 0.294. The van der Waals surface area contributed by atoms with Crippen LogP contribution in [-0.2, 0) is 6.54 Å². The molecule has 0 spiro atoms. The van der Waals surface area contributed by atoms with E-state index in [1.54, 1.807) is 0 Å². The van der Waals surface area contributed by atoms with Gasteiger partial charge in [-0.25, -0.2) is 0 Å². The Balaban J connectivity index is 2.93. The first-order valence-corrected chi connectivity index (χ1v) is 5.59. The minimum atomic E-state index is 0.414. The Kier molecular flexibility index (Phi) is 4.15. The zero-order valence-corrected chi connectivity index (χ0v) is 10.2. The normalized spacial score (nSPS) is 11.0. The second kappa shape index (κ2) is 5.17. The minimum Gasteiger partial charge on any atom is -0.508 e. The van der Waals surface area contributed by atoms with Gasteiger partial charge in [0.15, 0.2) is 0 Å². The van der Waals surface area contributed by atoms with Crippen molar-refractivity contribution in [3.63, 3.8) is 0 Å². The molecular formula is C13H21NO. The summed E-state index contributed by atoms with van der Waals surface area (Å²) in [7, 11) is 0. The molecule has 0 bridgehead atoms. The van der Waals surface area contributed by atoms with E-state index in [9.17, 15) is 5.11 Å². The van der Waals surface area contributed by atoms with Gasteiger partial charge in [0.1, 0.15) is 5.75 Å². The molecule has 2 nitrogen and oxygen atoms in total. The van der Waals surface area contributed by atoms with Gasteiger partial charge in [0, 0.05) is 6.54 Å². The van der Waals surface area contributed by atoms with Crippen molar-refractivity contribution in [2.45, 2.75) is 34.2 Å². The van der Waals surface area contributed by atoms with E-state index in [1.807, 2.05) is 19.9 Å². The number of aryl methyl sites for hydroxylation is 1. The standard InChI is InChI=1S/C13H21NO/c1-5-14(6-2)9-12-7-10(3)8-13(15)11(12)4/h7-8,15H,5-6,9H2,1-4H3. The number of hydrogen-bond acceptors (Lipinski definition) is 2. The zero-order chi connectivity index (χ0) is 11.4. The Bertz CT molecular complexity index is 330. The highest BCUT2D eigenvalue weighted by Gasteiger charge is 2.07. The summed E-state index contributed by atoms with van der Waals surface area (Å²) >= 11 is 0. The van der Waals surface area contributed by atoms with Gasteiger partial charge < -0.3 is 5.11 Å². The highest BCUT2D eigenvalue weighted by Crippen LogP contribution is 2.23. The van der Waals surface area contributed by atoms with Crippen molar-refractivity contribution in [2.24, 2.45) is 0 Å². The van der Waals surface area contributed by atoms with Gasteiger partial charge in [-0.3, -0.25) is 4.90 Å². The van der Waals surface area contributed by atoms with Gasteiger partial charge in [-0.2, -0.15) is 0 Å². The zero-order valence-electron chi connectivity index (χ0n) is 10.2. The summed E-state index contributed by atoms with van der Waals surface area (Å²) in [6.45, 7) is 11.3. The lowest BCUT2D eigenvalue weighted by atomic mass is 10.0. The molecule has 0 atom stereocenters. The summed E-state index contributed by atoms with van der Waals surface area (Å²) in [5.41, 5.74) is 3.36. The summed E-state index contributed by atoms with van der Waals surface area (Å²) in [4.78, 5) is 2.35. The van der Waals surface area contributed by atoms with E-state index in [0.717, 1.165) is 30.8 Å². The maximum absolute atomic E-state index is 9.72. The molecule has 0 aliphatic rings. The molecule has 0 unspecified atom stereocenters. The fourth-order valence-corrected chi connectivity index (χ4v) is 1.77. The molecule has 0 amide bonds. The molecule has 0 saturated carbocycles. The van der Waals surface area contributed by atoms with Crippen molar-refractivity contribution in [2.75, 3.05) is 13.1 Å². The number of phenolic OH excluding ortho intramolecular Hbond substituents is 1. The molecule has 15 heavy (non-hydrogen) atoms. The van der Waals surface area contributed by atoms with Crippen molar-refractivity contribution in [3.8, 4) is 5.75 Å². The van der Waals surface area contributed by atoms with Gasteiger partial charge in [0.2, 0.25) is 0 Å². The Morgan fingerprint density at radius 1 is 1.13 bits per heavy atom. The fourth-order valence-electron chi connectivity index (χ4n) is 1.77. The average molecular weight is 207 g/mol. The van der Waals surface area contributed by atoms with Crippen LogP contribution in [0.4, 0.5) is 0 Å². The van der Waals surface area contributed by atoms with E-state index < -0.39 is 0 Å². The number of hydrogen-bond donors (Lipinski definition) is 1. The molecular weight excluding hydrogens is 186 g/mol. The third-order valence-corrected chi connectivity index (χ3v) is 2.92. The molecule has 0 radical (unpaired) electrons. The van der Waals surface area contributed by atoms with Crippen LogP contribution in [-0.4, -0.2) is 23.1 Å². The summed E-state index contributed by atoms with van der Waals surface area (Å²) < 4.78 is 0. The third kappa shape index (κ3) is 2.96. The molecule has 84 valence electrons. The summed E-state index contributed by atoms with van der Waals surface area (Å²) in [6, 6.07) is 3.98.